The zero-order valence-corrected chi connectivity index (χ0v) is 19.8. The Bertz CT molecular complexity index is 1150. The third-order valence-corrected chi connectivity index (χ3v) is 6.49. The Morgan fingerprint density at radius 3 is 2.36 bits per heavy atom. The molecule has 2 amide bonds. The fraction of sp³-hybridized carbons (Fsp3) is 0.259. The SMILES string of the molecule is COc1ccc(C2CCN(C(=O)c3ccc(C)c(NC(=O)c4cccc(S)c4)c3)CC2)cc1. The molecule has 1 aliphatic heterocycles. The van der Waals surface area contributed by atoms with Gasteiger partial charge in [-0.25, -0.2) is 0 Å². The van der Waals surface area contributed by atoms with Crippen LogP contribution in [0, 0.1) is 6.92 Å². The molecule has 1 N–H and O–H groups in total. The number of ether oxygens (including phenoxy) is 1. The van der Waals surface area contributed by atoms with Crippen LogP contribution in [0.5, 0.6) is 5.75 Å². The number of anilines is 1. The van der Waals surface area contributed by atoms with Gasteiger partial charge in [0.2, 0.25) is 0 Å². The summed E-state index contributed by atoms with van der Waals surface area (Å²) < 4.78 is 5.24. The van der Waals surface area contributed by atoms with E-state index in [-0.39, 0.29) is 11.8 Å². The molecule has 1 heterocycles. The molecule has 5 nitrogen and oxygen atoms in total. The van der Waals surface area contributed by atoms with Crippen LogP contribution in [-0.2, 0) is 0 Å². The summed E-state index contributed by atoms with van der Waals surface area (Å²) in [4.78, 5) is 28.5. The number of rotatable bonds is 5. The number of likely N-dealkylation sites (tertiary alicyclic amines) is 1. The lowest BCUT2D eigenvalue weighted by atomic mass is 9.89. The van der Waals surface area contributed by atoms with Gasteiger partial charge in [0.05, 0.1) is 7.11 Å². The molecule has 1 aliphatic rings. The number of nitrogens with zero attached hydrogens (tertiary/aromatic N) is 1. The number of amides is 2. The van der Waals surface area contributed by atoms with Crippen LogP contribution in [0.3, 0.4) is 0 Å². The minimum Gasteiger partial charge on any atom is -0.497 e. The van der Waals surface area contributed by atoms with Gasteiger partial charge in [0, 0.05) is 34.8 Å². The van der Waals surface area contributed by atoms with Crippen LogP contribution in [0.4, 0.5) is 5.69 Å². The van der Waals surface area contributed by atoms with Crippen LogP contribution in [0.15, 0.2) is 71.6 Å². The second kappa shape index (κ2) is 10.1. The van der Waals surface area contributed by atoms with E-state index < -0.39 is 0 Å². The number of piperidine rings is 1. The zero-order valence-electron chi connectivity index (χ0n) is 18.9. The molecule has 0 radical (unpaired) electrons. The monoisotopic (exact) mass is 460 g/mol. The Balaban J connectivity index is 1.42. The second-order valence-corrected chi connectivity index (χ2v) is 8.89. The standard InChI is InChI=1S/C27H28N2O3S/c1-18-6-7-22(17-25(18)28-26(30)21-4-3-5-24(33)16-21)27(31)29-14-12-20(13-15-29)19-8-10-23(32-2)11-9-19/h3-11,16-17,20,33H,12-15H2,1-2H3,(H,28,30). The van der Waals surface area contributed by atoms with Crippen LogP contribution in [0.2, 0.25) is 0 Å². The quantitative estimate of drug-likeness (QED) is 0.490. The molecule has 0 atom stereocenters. The van der Waals surface area contributed by atoms with Gasteiger partial charge in [0.25, 0.3) is 11.8 Å². The molecular formula is C27H28N2O3S. The summed E-state index contributed by atoms with van der Waals surface area (Å²) in [6, 6.07) is 20.8. The predicted molar refractivity (Wildman–Crippen MR) is 134 cm³/mol. The van der Waals surface area contributed by atoms with E-state index in [1.54, 1.807) is 31.4 Å². The second-order valence-electron chi connectivity index (χ2n) is 8.37. The van der Waals surface area contributed by atoms with Gasteiger partial charge in [-0.15, -0.1) is 12.6 Å². The normalized spacial score (nSPS) is 14.1. The largest absolute Gasteiger partial charge is 0.497 e. The Morgan fingerprint density at radius 2 is 1.70 bits per heavy atom. The summed E-state index contributed by atoms with van der Waals surface area (Å²) >= 11 is 4.30. The molecule has 1 fully saturated rings. The Kier molecular flexibility index (Phi) is 7.04. The Labute approximate surface area is 200 Å². The fourth-order valence-electron chi connectivity index (χ4n) is 4.21. The van der Waals surface area contributed by atoms with Gasteiger partial charge >= 0.3 is 0 Å². The molecule has 0 unspecified atom stereocenters. The number of carbonyl (C=O) groups is 2. The first-order valence-electron chi connectivity index (χ1n) is 11.1. The first-order valence-corrected chi connectivity index (χ1v) is 11.5. The molecule has 0 aliphatic carbocycles. The van der Waals surface area contributed by atoms with Gasteiger partial charge in [0.15, 0.2) is 0 Å². The van der Waals surface area contributed by atoms with Crippen molar-refractivity contribution in [1.29, 1.82) is 0 Å². The maximum atomic E-state index is 13.2. The molecule has 33 heavy (non-hydrogen) atoms. The Hall–Kier alpha value is -3.25. The van der Waals surface area contributed by atoms with Gasteiger partial charge in [0.1, 0.15) is 5.75 Å². The topological polar surface area (TPSA) is 58.6 Å². The van der Waals surface area contributed by atoms with E-state index in [1.807, 2.05) is 42.2 Å². The van der Waals surface area contributed by atoms with Crippen molar-refractivity contribution in [2.75, 3.05) is 25.5 Å². The van der Waals surface area contributed by atoms with Crippen molar-refractivity contribution in [1.82, 2.24) is 4.90 Å². The van der Waals surface area contributed by atoms with Gasteiger partial charge in [-0.2, -0.15) is 0 Å². The first kappa shape index (κ1) is 22.9. The van der Waals surface area contributed by atoms with Crippen molar-refractivity contribution in [3.8, 4) is 5.75 Å². The molecule has 6 heteroatoms. The van der Waals surface area contributed by atoms with E-state index in [1.165, 1.54) is 5.56 Å². The van der Waals surface area contributed by atoms with Gasteiger partial charge in [-0.3, -0.25) is 9.59 Å². The molecular weight excluding hydrogens is 432 g/mol. The van der Waals surface area contributed by atoms with Crippen molar-refractivity contribution in [3.63, 3.8) is 0 Å². The highest BCUT2D eigenvalue weighted by molar-refractivity contribution is 7.80. The number of aryl methyl sites for hydroxylation is 1. The number of benzene rings is 3. The molecule has 0 saturated carbocycles. The lowest BCUT2D eigenvalue weighted by molar-refractivity contribution is 0.0712. The van der Waals surface area contributed by atoms with E-state index in [0.29, 0.717) is 35.8 Å². The summed E-state index contributed by atoms with van der Waals surface area (Å²) in [6.07, 6.45) is 1.85. The van der Waals surface area contributed by atoms with Crippen LogP contribution in [0.1, 0.15) is 50.6 Å². The molecule has 1 saturated heterocycles. The lowest BCUT2D eigenvalue weighted by Crippen LogP contribution is -2.38. The molecule has 3 aromatic carbocycles. The van der Waals surface area contributed by atoms with E-state index in [9.17, 15) is 9.59 Å². The van der Waals surface area contributed by atoms with Crippen molar-refractivity contribution in [2.24, 2.45) is 0 Å². The molecule has 0 aromatic heterocycles. The maximum absolute atomic E-state index is 13.2. The highest BCUT2D eigenvalue weighted by Crippen LogP contribution is 2.30. The predicted octanol–water partition coefficient (Wildman–Crippen LogP) is 5.56. The van der Waals surface area contributed by atoms with E-state index in [2.05, 4.69) is 30.1 Å². The molecule has 0 bridgehead atoms. The zero-order chi connectivity index (χ0) is 23.4. The van der Waals surface area contributed by atoms with Gasteiger partial charge < -0.3 is 15.0 Å². The van der Waals surface area contributed by atoms with Crippen molar-refractivity contribution in [3.05, 3.63) is 89.0 Å². The molecule has 0 spiro atoms. The van der Waals surface area contributed by atoms with E-state index in [0.717, 1.165) is 29.1 Å². The van der Waals surface area contributed by atoms with Crippen LogP contribution < -0.4 is 10.1 Å². The molecule has 3 aromatic rings. The number of nitrogens with one attached hydrogen (secondary N) is 1. The van der Waals surface area contributed by atoms with E-state index in [4.69, 9.17) is 4.74 Å². The average molecular weight is 461 g/mol. The van der Waals surface area contributed by atoms with Crippen LogP contribution in [0.25, 0.3) is 0 Å². The fourth-order valence-corrected chi connectivity index (χ4v) is 4.43. The third-order valence-electron chi connectivity index (χ3n) is 6.21. The van der Waals surface area contributed by atoms with Crippen molar-refractivity contribution < 1.29 is 14.3 Å². The summed E-state index contributed by atoms with van der Waals surface area (Å²) in [5.41, 5.74) is 3.94. The highest BCUT2D eigenvalue weighted by Gasteiger charge is 2.25. The Morgan fingerprint density at radius 1 is 0.970 bits per heavy atom. The van der Waals surface area contributed by atoms with E-state index >= 15 is 0 Å². The van der Waals surface area contributed by atoms with Crippen molar-refractivity contribution in [2.45, 2.75) is 30.6 Å². The summed E-state index contributed by atoms with van der Waals surface area (Å²) in [5.74, 6) is 1.07. The number of hydrogen-bond acceptors (Lipinski definition) is 4. The first-order chi connectivity index (χ1) is 15.9. The summed E-state index contributed by atoms with van der Waals surface area (Å²) in [7, 11) is 1.67. The number of hydrogen-bond donors (Lipinski definition) is 2. The van der Waals surface area contributed by atoms with Crippen LogP contribution >= 0.6 is 12.6 Å². The molecule has 170 valence electrons. The summed E-state index contributed by atoms with van der Waals surface area (Å²) in [6.45, 7) is 3.33. The highest BCUT2D eigenvalue weighted by atomic mass is 32.1. The number of carbonyl (C=O) groups excluding carboxylic acids is 2. The lowest BCUT2D eigenvalue weighted by Gasteiger charge is -2.32. The maximum Gasteiger partial charge on any atom is 0.255 e. The summed E-state index contributed by atoms with van der Waals surface area (Å²) in [5, 5.41) is 2.94. The van der Waals surface area contributed by atoms with Crippen molar-refractivity contribution >= 4 is 30.1 Å². The minimum atomic E-state index is -0.223. The van der Waals surface area contributed by atoms with Crippen LogP contribution in [-0.4, -0.2) is 36.9 Å². The molecule has 4 rings (SSSR count). The van der Waals surface area contributed by atoms with Gasteiger partial charge in [-0.1, -0.05) is 24.3 Å². The minimum absolute atomic E-state index is 0.00367. The number of methoxy groups -OCH3 is 1. The third kappa shape index (κ3) is 5.40. The number of thiol groups is 1. The van der Waals surface area contributed by atoms with Gasteiger partial charge in [-0.05, 0) is 79.3 Å². The smallest absolute Gasteiger partial charge is 0.255 e. The average Bonchev–Trinajstić information content (AvgIpc) is 2.85.